The maximum absolute atomic E-state index is 11.6. The lowest BCUT2D eigenvalue weighted by Crippen LogP contribution is -2.36. The standard InChI is InChI=1S/C16H23NO4/c1-11(2)20-10-16(18)17-8-12-6-13-4-5-14(19-3)7-15(13)21-9-12/h4-5,7,11-12H,6,8-10H2,1-3H3,(H,17,18). The van der Waals surface area contributed by atoms with Gasteiger partial charge in [0.1, 0.15) is 18.1 Å². The first-order valence-electron chi connectivity index (χ1n) is 7.26. The van der Waals surface area contributed by atoms with Crippen LogP contribution in [0.15, 0.2) is 18.2 Å². The minimum Gasteiger partial charge on any atom is -0.497 e. The summed E-state index contributed by atoms with van der Waals surface area (Å²) in [6.45, 7) is 5.14. The molecule has 0 bridgehead atoms. The summed E-state index contributed by atoms with van der Waals surface area (Å²) >= 11 is 0. The van der Waals surface area contributed by atoms with Gasteiger partial charge in [-0.25, -0.2) is 0 Å². The Kier molecular flexibility index (Phi) is 5.44. The second-order valence-corrected chi connectivity index (χ2v) is 5.52. The van der Waals surface area contributed by atoms with Crippen LogP contribution in [0, 0.1) is 5.92 Å². The smallest absolute Gasteiger partial charge is 0.246 e. The van der Waals surface area contributed by atoms with E-state index >= 15 is 0 Å². The van der Waals surface area contributed by atoms with E-state index in [0.29, 0.717) is 13.2 Å². The second-order valence-electron chi connectivity index (χ2n) is 5.52. The molecule has 1 aliphatic rings. The molecule has 5 nitrogen and oxygen atoms in total. The number of nitrogens with one attached hydrogen (secondary N) is 1. The number of amides is 1. The molecule has 0 aliphatic carbocycles. The first-order valence-corrected chi connectivity index (χ1v) is 7.26. The third-order valence-electron chi connectivity index (χ3n) is 3.39. The highest BCUT2D eigenvalue weighted by Crippen LogP contribution is 2.30. The fourth-order valence-electron chi connectivity index (χ4n) is 2.23. The van der Waals surface area contributed by atoms with Crippen molar-refractivity contribution in [3.63, 3.8) is 0 Å². The Morgan fingerprint density at radius 2 is 2.29 bits per heavy atom. The molecule has 5 heteroatoms. The molecule has 0 radical (unpaired) electrons. The lowest BCUT2D eigenvalue weighted by Gasteiger charge is -2.25. The van der Waals surface area contributed by atoms with E-state index in [-0.39, 0.29) is 24.5 Å². The van der Waals surface area contributed by atoms with Crippen LogP contribution in [0.5, 0.6) is 11.5 Å². The fraction of sp³-hybridized carbons (Fsp3) is 0.562. The third-order valence-corrected chi connectivity index (χ3v) is 3.39. The number of benzene rings is 1. The Labute approximate surface area is 125 Å². The van der Waals surface area contributed by atoms with E-state index in [9.17, 15) is 4.79 Å². The average molecular weight is 293 g/mol. The van der Waals surface area contributed by atoms with Crippen molar-refractivity contribution in [1.82, 2.24) is 5.32 Å². The van der Waals surface area contributed by atoms with Gasteiger partial charge in [0.05, 0.1) is 19.8 Å². The van der Waals surface area contributed by atoms with E-state index < -0.39 is 0 Å². The zero-order chi connectivity index (χ0) is 15.2. The molecule has 0 saturated carbocycles. The minimum atomic E-state index is -0.0794. The number of ether oxygens (including phenoxy) is 3. The Morgan fingerprint density at radius 3 is 3.00 bits per heavy atom. The maximum Gasteiger partial charge on any atom is 0.246 e. The second kappa shape index (κ2) is 7.31. The summed E-state index contributed by atoms with van der Waals surface area (Å²) in [5.41, 5.74) is 1.15. The molecular formula is C16H23NO4. The van der Waals surface area contributed by atoms with Gasteiger partial charge in [-0.1, -0.05) is 6.07 Å². The van der Waals surface area contributed by atoms with Crippen molar-refractivity contribution >= 4 is 5.91 Å². The van der Waals surface area contributed by atoms with Crippen molar-refractivity contribution in [3.8, 4) is 11.5 Å². The first kappa shape index (κ1) is 15.6. The van der Waals surface area contributed by atoms with Crippen molar-refractivity contribution in [1.29, 1.82) is 0 Å². The molecule has 21 heavy (non-hydrogen) atoms. The maximum atomic E-state index is 11.6. The van der Waals surface area contributed by atoms with E-state index in [1.54, 1.807) is 7.11 Å². The number of hydrogen-bond acceptors (Lipinski definition) is 4. The van der Waals surface area contributed by atoms with Gasteiger partial charge in [0, 0.05) is 18.5 Å². The van der Waals surface area contributed by atoms with Gasteiger partial charge in [-0.3, -0.25) is 4.79 Å². The highest BCUT2D eigenvalue weighted by molar-refractivity contribution is 5.77. The fourth-order valence-corrected chi connectivity index (χ4v) is 2.23. The number of carbonyl (C=O) groups excluding carboxylic acids is 1. The van der Waals surface area contributed by atoms with Gasteiger partial charge in [-0.15, -0.1) is 0 Å². The monoisotopic (exact) mass is 293 g/mol. The Bertz CT molecular complexity index is 487. The highest BCUT2D eigenvalue weighted by Gasteiger charge is 2.21. The van der Waals surface area contributed by atoms with Crippen LogP contribution >= 0.6 is 0 Å². The molecule has 1 aliphatic heterocycles. The van der Waals surface area contributed by atoms with Gasteiger partial charge in [0.15, 0.2) is 0 Å². The van der Waals surface area contributed by atoms with Crippen molar-refractivity contribution in [2.75, 3.05) is 26.9 Å². The molecule has 1 aromatic carbocycles. The van der Waals surface area contributed by atoms with E-state index in [1.165, 1.54) is 0 Å². The predicted octanol–water partition coefficient (Wildman–Crippen LogP) is 1.79. The van der Waals surface area contributed by atoms with Crippen LogP contribution in [0.1, 0.15) is 19.4 Å². The topological polar surface area (TPSA) is 56.8 Å². The molecule has 1 amide bonds. The number of hydrogen-bond donors (Lipinski definition) is 1. The number of rotatable bonds is 6. The van der Waals surface area contributed by atoms with Gasteiger partial charge in [-0.2, -0.15) is 0 Å². The SMILES string of the molecule is COc1ccc2c(c1)OCC(CNC(=O)COC(C)C)C2. The van der Waals surface area contributed by atoms with E-state index in [0.717, 1.165) is 23.5 Å². The summed E-state index contributed by atoms with van der Waals surface area (Å²) in [4.78, 5) is 11.6. The van der Waals surface area contributed by atoms with Gasteiger partial charge in [0.25, 0.3) is 0 Å². The normalized spacial score (nSPS) is 17.0. The lowest BCUT2D eigenvalue weighted by molar-refractivity contribution is -0.127. The predicted molar refractivity (Wildman–Crippen MR) is 79.8 cm³/mol. The molecular weight excluding hydrogens is 270 g/mol. The first-order chi connectivity index (χ1) is 10.1. The Balaban J connectivity index is 1.80. The van der Waals surface area contributed by atoms with Gasteiger partial charge in [0.2, 0.25) is 5.91 Å². The number of fused-ring (bicyclic) bond motifs is 1. The molecule has 1 atom stereocenters. The highest BCUT2D eigenvalue weighted by atomic mass is 16.5. The quantitative estimate of drug-likeness (QED) is 0.869. The van der Waals surface area contributed by atoms with Gasteiger partial charge < -0.3 is 19.5 Å². The van der Waals surface area contributed by atoms with Crippen molar-refractivity contribution < 1.29 is 19.0 Å². The number of methoxy groups -OCH3 is 1. The van der Waals surface area contributed by atoms with E-state index in [1.807, 2.05) is 32.0 Å². The zero-order valence-corrected chi connectivity index (χ0v) is 12.8. The molecule has 0 aromatic heterocycles. The minimum absolute atomic E-state index is 0.0654. The molecule has 0 spiro atoms. The van der Waals surface area contributed by atoms with Crippen LogP contribution in [0.25, 0.3) is 0 Å². The molecule has 0 saturated heterocycles. The van der Waals surface area contributed by atoms with Crippen LogP contribution in [0.3, 0.4) is 0 Å². The summed E-state index contributed by atoms with van der Waals surface area (Å²) in [6, 6.07) is 5.85. The van der Waals surface area contributed by atoms with Crippen LogP contribution < -0.4 is 14.8 Å². The zero-order valence-electron chi connectivity index (χ0n) is 12.8. The Morgan fingerprint density at radius 1 is 1.48 bits per heavy atom. The summed E-state index contributed by atoms with van der Waals surface area (Å²) in [5, 5.41) is 2.89. The largest absolute Gasteiger partial charge is 0.497 e. The molecule has 1 N–H and O–H groups in total. The Hall–Kier alpha value is -1.75. The molecule has 116 valence electrons. The van der Waals surface area contributed by atoms with E-state index in [4.69, 9.17) is 14.2 Å². The van der Waals surface area contributed by atoms with Crippen LogP contribution in [0.2, 0.25) is 0 Å². The summed E-state index contributed by atoms with van der Waals surface area (Å²) in [6.07, 6.45) is 0.959. The third kappa shape index (κ3) is 4.63. The number of carbonyl (C=O) groups is 1. The molecule has 0 fully saturated rings. The van der Waals surface area contributed by atoms with Gasteiger partial charge >= 0.3 is 0 Å². The molecule has 1 heterocycles. The van der Waals surface area contributed by atoms with Crippen molar-refractivity contribution in [2.45, 2.75) is 26.4 Å². The summed E-state index contributed by atoms with van der Waals surface area (Å²) in [5.74, 6) is 1.88. The molecule has 1 aromatic rings. The van der Waals surface area contributed by atoms with Crippen LogP contribution in [-0.4, -0.2) is 38.9 Å². The average Bonchev–Trinajstić information content (AvgIpc) is 2.50. The summed E-state index contributed by atoms with van der Waals surface area (Å²) < 4.78 is 16.2. The molecule has 1 unspecified atom stereocenters. The molecule has 2 rings (SSSR count). The van der Waals surface area contributed by atoms with Crippen LogP contribution in [0.4, 0.5) is 0 Å². The summed E-state index contributed by atoms with van der Waals surface area (Å²) in [7, 11) is 1.64. The van der Waals surface area contributed by atoms with Crippen molar-refractivity contribution in [2.24, 2.45) is 5.92 Å². The lowest BCUT2D eigenvalue weighted by atomic mass is 9.96. The van der Waals surface area contributed by atoms with Crippen LogP contribution in [-0.2, 0) is 16.0 Å². The van der Waals surface area contributed by atoms with E-state index in [2.05, 4.69) is 5.32 Å². The van der Waals surface area contributed by atoms with Gasteiger partial charge in [-0.05, 0) is 31.9 Å². The van der Waals surface area contributed by atoms with Crippen molar-refractivity contribution in [3.05, 3.63) is 23.8 Å².